The van der Waals surface area contributed by atoms with Crippen LogP contribution in [0.25, 0.3) is 0 Å². The second-order valence-corrected chi connectivity index (χ2v) is 10.6. The molecule has 6 rings (SSSR count). The summed E-state index contributed by atoms with van der Waals surface area (Å²) in [6.07, 6.45) is 11.2. The first-order valence-corrected chi connectivity index (χ1v) is 12.4. The van der Waals surface area contributed by atoms with Crippen LogP contribution in [0.3, 0.4) is 0 Å². The second kappa shape index (κ2) is 7.32. The summed E-state index contributed by atoms with van der Waals surface area (Å²) in [5.41, 5.74) is 2.24. The normalized spacial score (nSPS) is 28.7. The Kier molecular flexibility index (Phi) is 4.67. The predicted octanol–water partition coefficient (Wildman–Crippen LogP) is 2.38. The molecule has 1 unspecified atom stereocenters. The number of aromatic nitrogens is 2. The number of rotatable bonds is 2. The van der Waals surface area contributed by atoms with E-state index in [0.29, 0.717) is 30.5 Å². The van der Waals surface area contributed by atoms with Gasteiger partial charge in [-0.25, -0.2) is 4.98 Å². The third-order valence-corrected chi connectivity index (χ3v) is 9.04. The van der Waals surface area contributed by atoms with Gasteiger partial charge in [0.25, 0.3) is 5.56 Å². The molecular weight excluding hydrogens is 392 g/mol. The minimum Gasteiger partial charge on any atom is -0.378 e. The maximum atomic E-state index is 13.2. The fourth-order valence-electron chi connectivity index (χ4n) is 6.93. The standard InChI is InChI=1S/C24H34N4O3/c29-20-17-4-7-23(19(17)25-22(26-20)28-12-14-31-15-13-28)8-10-27(11-9-23)21(30)18-16-24(18)5-2-1-3-6-24/h18H,1-16H2,(H,25,26,29). The molecule has 168 valence electrons. The Morgan fingerprint density at radius 2 is 1.74 bits per heavy atom. The lowest BCUT2D eigenvalue weighted by Crippen LogP contribution is -2.46. The van der Waals surface area contributed by atoms with Gasteiger partial charge >= 0.3 is 0 Å². The number of hydrogen-bond donors (Lipinski definition) is 1. The molecule has 1 N–H and O–H groups in total. The third kappa shape index (κ3) is 3.22. The van der Waals surface area contributed by atoms with Crippen molar-refractivity contribution in [2.75, 3.05) is 44.3 Å². The first-order valence-electron chi connectivity index (χ1n) is 12.4. The quantitative estimate of drug-likeness (QED) is 0.786. The Bertz CT molecular complexity index is 921. The van der Waals surface area contributed by atoms with E-state index < -0.39 is 0 Å². The van der Waals surface area contributed by atoms with E-state index in [2.05, 4.69) is 14.8 Å². The Balaban J connectivity index is 1.18. The number of ether oxygens (including phenoxy) is 1. The van der Waals surface area contributed by atoms with Gasteiger partial charge in [0.05, 0.1) is 18.9 Å². The number of hydrogen-bond acceptors (Lipinski definition) is 5. The summed E-state index contributed by atoms with van der Waals surface area (Å²) in [5.74, 6) is 1.39. The maximum absolute atomic E-state index is 13.2. The van der Waals surface area contributed by atoms with Crippen LogP contribution in [-0.2, 0) is 21.4 Å². The van der Waals surface area contributed by atoms with E-state index in [1.165, 1.54) is 32.1 Å². The van der Waals surface area contributed by atoms with Crippen LogP contribution in [0.4, 0.5) is 5.95 Å². The Morgan fingerprint density at radius 3 is 2.48 bits per heavy atom. The lowest BCUT2D eigenvalue weighted by atomic mass is 9.76. The van der Waals surface area contributed by atoms with Crippen molar-refractivity contribution in [1.29, 1.82) is 0 Å². The smallest absolute Gasteiger partial charge is 0.255 e. The van der Waals surface area contributed by atoms with Crippen molar-refractivity contribution in [3.63, 3.8) is 0 Å². The SMILES string of the molecule is O=C(C1CC12CCCCC2)N1CCC2(CCc3c2nc(N2CCOCC2)[nH]c3=O)CC1. The third-order valence-electron chi connectivity index (χ3n) is 9.04. The number of fused-ring (bicyclic) bond motifs is 2. The summed E-state index contributed by atoms with van der Waals surface area (Å²) >= 11 is 0. The molecule has 4 fully saturated rings. The molecule has 7 nitrogen and oxygen atoms in total. The van der Waals surface area contributed by atoms with E-state index in [1.807, 2.05) is 0 Å². The lowest BCUT2D eigenvalue weighted by Gasteiger charge is -2.40. The van der Waals surface area contributed by atoms with Gasteiger partial charge in [0.1, 0.15) is 0 Å². The minimum atomic E-state index is -0.0342. The molecule has 5 aliphatic rings. The molecule has 2 aliphatic heterocycles. The van der Waals surface area contributed by atoms with Crippen LogP contribution >= 0.6 is 0 Å². The number of carbonyl (C=O) groups excluding carboxylic acids is 1. The Labute approximate surface area is 183 Å². The summed E-state index contributed by atoms with van der Waals surface area (Å²) in [4.78, 5) is 38.4. The van der Waals surface area contributed by atoms with Crippen LogP contribution < -0.4 is 10.5 Å². The molecule has 0 aromatic carbocycles. The summed E-state index contributed by atoms with van der Waals surface area (Å²) in [5, 5.41) is 0. The zero-order chi connectivity index (χ0) is 21.1. The second-order valence-electron chi connectivity index (χ2n) is 10.6. The van der Waals surface area contributed by atoms with Gasteiger partial charge in [-0.3, -0.25) is 14.6 Å². The Morgan fingerprint density at radius 1 is 1.00 bits per heavy atom. The molecule has 1 aromatic heterocycles. The van der Waals surface area contributed by atoms with E-state index in [4.69, 9.17) is 9.72 Å². The van der Waals surface area contributed by atoms with Crippen molar-refractivity contribution in [2.45, 2.75) is 69.6 Å². The first-order chi connectivity index (χ1) is 15.1. The highest BCUT2D eigenvalue weighted by Crippen LogP contribution is 2.62. The molecule has 3 aliphatic carbocycles. The minimum absolute atomic E-state index is 0.0269. The summed E-state index contributed by atoms with van der Waals surface area (Å²) in [7, 11) is 0. The van der Waals surface area contributed by atoms with E-state index in [9.17, 15) is 9.59 Å². The number of piperidine rings is 1. The zero-order valence-corrected chi connectivity index (χ0v) is 18.5. The zero-order valence-electron chi connectivity index (χ0n) is 18.5. The monoisotopic (exact) mass is 426 g/mol. The van der Waals surface area contributed by atoms with Crippen molar-refractivity contribution in [3.05, 3.63) is 21.6 Å². The van der Waals surface area contributed by atoms with E-state index in [1.54, 1.807) is 0 Å². The van der Waals surface area contributed by atoms with Crippen molar-refractivity contribution in [2.24, 2.45) is 11.3 Å². The highest BCUT2D eigenvalue weighted by atomic mass is 16.5. The number of anilines is 1. The molecule has 0 radical (unpaired) electrons. The van der Waals surface area contributed by atoms with Crippen molar-refractivity contribution >= 4 is 11.9 Å². The van der Waals surface area contributed by atoms with Gasteiger partial charge in [-0.05, 0) is 50.4 Å². The summed E-state index contributed by atoms with van der Waals surface area (Å²) in [6.45, 7) is 4.50. The van der Waals surface area contributed by atoms with Gasteiger partial charge in [-0.15, -0.1) is 0 Å². The lowest BCUT2D eigenvalue weighted by molar-refractivity contribution is -0.135. The van der Waals surface area contributed by atoms with Crippen LogP contribution in [-0.4, -0.2) is 60.2 Å². The van der Waals surface area contributed by atoms with E-state index >= 15 is 0 Å². The molecule has 3 heterocycles. The molecule has 1 atom stereocenters. The molecule has 1 amide bonds. The first kappa shape index (κ1) is 19.8. The van der Waals surface area contributed by atoms with Crippen LogP contribution in [0.1, 0.15) is 69.0 Å². The van der Waals surface area contributed by atoms with Gasteiger partial charge in [0, 0.05) is 43.1 Å². The van der Waals surface area contributed by atoms with Gasteiger partial charge in [-0.2, -0.15) is 0 Å². The number of nitrogens with one attached hydrogen (secondary N) is 1. The van der Waals surface area contributed by atoms with Gasteiger partial charge in [-0.1, -0.05) is 19.3 Å². The van der Waals surface area contributed by atoms with E-state index in [0.717, 1.165) is 69.5 Å². The number of morpholine rings is 1. The van der Waals surface area contributed by atoms with Crippen LogP contribution in [0.2, 0.25) is 0 Å². The number of likely N-dealkylation sites (tertiary alicyclic amines) is 1. The largest absolute Gasteiger partial charge is 0.378 e. The highest BCUT2D eigenvalue weighted by Gasteiger charge is 2.59. The van der Waals surface area contributed by atoms with E-state index in [-0.39, 0.29) is 16.9 Å². The average molecular weight is 427 g/mol. The van der Waals surface area contributed by atoms with Crippen molar-refractivity contribution in [3.8, 4) is 0 Å². The number of nitrogens with zero attached hydrogens (tertiary/aromatic N) is 3. The molecule has 0 bridgehead atoms. The van der Waals surface area contributed by atoms with Gasteiger partial charge < -0.3 is 14.5 Å². The number of aromatic amines is 1. The predicted molar refractivity (Wildman–Crippen MR) is 117 cm³/mol. The summed E-state index contributed by atoms with van der Waals surface area (Å²) < 4.78 is 5.46. The topological polar surface area (TPSA) is 78.5 Å². The average Bonchev–Trinajstić information content (AvgIpc) is 3.38. The van der Waals surface area contributed by atoms with Crippen molar-refractivity contribution in [1.82, 2.24) is 14.9 Å². The van der Waals surface area contributed by atoms with Gasteiger partial charge in [0.15, 0.2) is 0 Å². The van der Waals surface area contributed by atoms with Gasteiger partial charge in [0.2, 0.25) is 11.9 Å². The Hall–Kier alpha value is -1.89. The van der Waals surface area contributed by atoms with Crippen LogP contribution in [0, 0.1) is 11.3 Å². The molecule has 31 heavy (non-hydrogen) atoms. The highest BCUT2D eigenvalue weighted by molar-refractivity contribution is 5.83. The maximum Gasteiger partial charge on any atom is 0.255 e. The van der Waals surface area contributed by atoms with Crippen LogP contribution in [0.15, 0.2) is 4.79 Å². The van der Waals surface area contributed by atoms with Crippen LogP contribution in [0.5, 0.6) is 0 Å². The van der Waals surface area contributed by atoms with Crippen molar-refractivity contribution < 1.29 is 9.53 Å². The number of carbonyl (C=O) groups is 1. The number of H-pyrrole nitrogens is 1. The fraction of sp³-hybridized carbons (Fsp3) is 0.792. The molecule has 2 spiro atoms. The molecular formula is C24H34N4O3. The molecule has 2 saturated heterocycles. The molecule has 7 heteroatoms. The molecule has 2 saturated carbocycles. The fourth-order valence-corrected chi connectivity index (χ4v) is 6.93. The molecule has 1 aromatic rings. The summed E-state index contributed by atoms with van der Waals surface area (Å²) in [6, 6.07) is 0. The number of amides is 1.